The van der Waals surface area contributed by atoms with Crippen LogP contribution in [-0.2, 0) is 0 Å². The Morgan fingerprint density at radius 3 is 2.42 bits per heavy atom. The molecule has 0 saturated heterocycles. The van der Waals surface area contributed by atoms with Gasteiger partial charge < -0.3 is 15.2 Å². The van der Waals surface area contributed by atoms with E-state index in [1.807, 2.05) is 18.2 Å². The van der Waals surface area contributed by atoms with Gasteiger partial charge in [-0.15, -0.1) is 11.3 Å². The molecule has 0 aliphatic carbocycles. The molecule has 1 heterocycles. The van der Waals surface area contributed by atoms with Gasteiger partial charge in [0.15, 0.2) is 0 Å². The molecule has 0 aliphatic heterocycles. The predicted octanol–water partition coefficient (Wildman–Crippen LogP) is 3.88. The highest BCUT2D eigenvalue weighted by molar-refractivity contribution is 9.11. The van der Waals surface area contributed by atoms with Crippen LogP contribution in [0.4, 0.5) is 0 Å². The molecule has 19 heavy (non-hydrogen) atoms. The average molecular weight is 342 g/mol. The van der Waals surface area contributed by atoms with Crippen LogP contribution >= 0.6 is 27.3 Å². The highest BCUT2D eigenvalue weighted by Gasteiger charge is 2.18. The van der Waals surface area contributed by atoms with Gasteiger partial charge in [0.05, 0.1) is 24.0 Å². The summed E-state index contributed by atoms with van der Waals surface area (Å²) in [6.45, 7) is 2.07. The van der Waals surface area contributed by atoms with E-state index < -0.39 is 0 Å². The van der Waals surface area contributed by atoms with Crippen LogP contribution in [0.2, 0.25) is 0 Å². The molecule has 0 bridgehead atoms. The molecule has 0 amide bonds. The fourth-order valence-electron chi connectivity index (χ4n) is 2.01. The van der Waals surface area contributed by atoms with Crippen LogP contribution in [0, 0.1) is 6.92 Å². The standard InChI is InChI=1S/C14H16BrNO2S/c1-8-11(7-13(15)19-8)14(16)10-5-4-9(17-2)6-12(10)18-3/h4-7,14H,16H2,1-3H3. The van der Waals surface area contributed by atoms with Gasteiger partial charge in [-0.1, -0.05) is 0 Å². The Bertz CT molecular complexity index is 583. The molecular formula is C14H16BrNO2S. The van der Waals surface area contributed by atoms with Gasteiger partial charge in [0.2, 0.25) is 0 Å². The van der Waals surface area contributed by atoms with Crippen LogP contribution in [0.1, 0.15) is 22.0 Å². The van der Waals surface area contributed by atoms with Crippen molar-refractivity contribution in [1.82, 2.24) is 0 Å². The topological polar surface area (TPSA) is 44.5 Å². The van der Waals surface area contributed by atoms with Crippen molar-refractivity contribution in [1.29, 1.82) is 0 Å². The summed E-state index contributed by atoms with van der Waals surface area (Å²) in [5, 5.41) is 0. The number of ether oxygens (including phenoxy) is 2. The predicted molar refractivity (Wildman–Crippen MR) is 82.3 cm³/mol. The Hall–Kier alpha value is -1.04. The molecular weight excluding hydrogens is 326 g/mol. The second-order valence-corrected chi connectivity index (χ2v) is 6.78. The minimum absolute atomic E-state index is 0.205. The molecule has 3 nitrogen and oxygen atoms in total. The molecule has 1 atom stereocenters. The number of rotatable bonds is 4. The molecule has 102 valence electrons. The SMILES string of the molecule is COc1ccc(C(N)c2cc(Br)sc2C)c(OC)c1. The zero-order valence-corrected chi connectivity index (χ0v) is 13.5. The number of hydrogen-bond donors (Lipinski definition) is 1. The maximum atomic E-state index is 6.36. The van der Waals surface area contributed by atoms with E-state index in [-0.39, 0.29) is 6.04 Å². The molecule has 1 aromatic carbocycles. The second kappa shape index (κ2) is 5.94. The molecule has 2 aromatic rings. The fourth-order valence-corrected chi connectivity index (χ4v) is 3.77. The van der Waals surface area contributed by atoms with Gasteiger partial charge >= 0.3 is 0 Å². The van der Waals surface area contributed by atoms with Gasteiger partial charge in [-0.3, -0.25) is 0 Å². The molecule has 2 N–H and O–H groups in total. The van der Waals surface area contributed by atoms with Crippen molar-refractivity contribution < 1.29 is 9.47 Å². The summed E-state index contributed by atoms with van der Waals surface area (Å²) in [5.74, 6) is 1.50. The summed E-state index contributed by atoms with van der Waals surface area (Å²) >= 11 is 5.18. The van der Waals surface area contributed by atoms with E-state index in [9.17, 15) is 0 Å². The molecule has 0 spiro atoms. The maximum absolute atomic E-state index is 6.36. The van der Waals surface area contributed by atoms with Crippen LogP contribution in [0.15, 0.2) is 28.1 Å². The quantitative estimate of drug-likeness (QED) is 0.917. The summed E-state index contributed by atoms with van der Waals surface area (Å²) in [7, 11) is 3.27. The number of hydrogen-bond acceptors (Lipinski definition) is 4. The van der Waals surface area contributed by atoms with E-state index >= 15 is 0 Å². The molecule has 1 aromatic heterocycles. The summed E-state index contributed by atoms with van der Waals surface area (Å²) in [4.78, 5) is 1.21. The Kier molecular flexibility index (Phi) is 4.50. The van der Waals surface area contributed by atoms with E-state index in [2.05, 4.69) is 28.9 Å². The molecule has 0 saturated carbocycles. The number of methoxy groups -OCH3 is 2. The Morgan fingerprint density at radius 1 is 1.16 bits per heavy atom. The van der Waals surface area contributed by atoms with Crippen molar-refractivity contribution >= 4 is 27.3 Å². The van der Waals surface area contributed by atoms with Crippen LogP contribution in [0.25, 0.3) is 0 Å². The number of aryl methyl sites for hydroxylation is 1. The third-order valence-electron chi connectivity index (χ3n) is 3.04. The van der Waals surface area contributed by atoms with Crippen molar-refractivity contribution in [2.75, 3.05) is 14.2 Å². The lowest BCUT2D eigenvalue weighted by atomic mass is 9.99. The first-order chi connectivity index (χ1) is 9.06. The third kappa shape index (κ3) is 2.94. The summed E-state index contributed by atoms with van der Waals surface area (Å²) in [6, 6.07) is 7.56. The van der Waals surface area contributed by atoms with Gasteiger partial charge in [-0.05, 0) is 46.6 Å². The Balaban J connectivity index is 2.43. The van der Waals surface area contributed by atoms with Crippen molar-refractivity contribution in [3.8, 4) is 11.5 Å². The van der Waals surface area contributed by atoms with Gasteiger partial charge in [0.25, 0.3) is 0 Å². The normalized spacial score (nSPS) is 12.3. The van der Waals surface area contributed by atoms with Gasteiger partial charge in [0, 0.05) is 16.5 Å². The average Bonchev–Trinajstić information content (AvgIpc) is 2.76. The second-order valence-electron chi connectivity index (χ2n) is 4.15. The van der Waals surface area contributed by atoms with Crippen molar-refractivity contribution in [2.45, 2.75) is 13.0 Å². The monoisotopic (exact) mass is 341 g/mol. The van der Waals surface area contributed by atoms with E-state index in [1.54, 1.807) is 25.6 Å². The molecule has 0 aliphatic rings. The summed E-state index contributed by atoms with van der Waals surface area (Å²) in [6.07, 6.45) is 0. The minimum Gasteiger partial charge on any atom is -0.497 e. The molecule has 2 rings (SSSR count). The van der Waals surface area contributed by atoms with E-state index in [0.717, 1.165) is 26.4 Å². The van der Waals surface area contributed by atoms with Crippen molar-refractivity contribution in [3.05, 3.63) is 44.1 Å². The summed E-state index contributed by atoms with van der Waals surface area (Å²) < 4.78 is 11.7. The highest BCUT2D eigenvalue weighted by Crippen LogP contribution is 2.36. The molecule has 1 unspecified atom stereocenters. The molecule has 5 heteroatoms. The molecule has 0 fully saturated rings. The molecule has 0 radical (unpaired) electrons. The van der Waals surface area contributed by atoms with Crippen LogP contribution in [0.3, 0.4) is 0 Å². The minimum atomic E-state index is -0.205. The lowest BCUT2D eigenvalue weighted by Crippen LogP contribution is -2.13. The van der Waals surface area contributed by atoms with E-state index in [4.69, 9.17) is 15.2 Å². The zero-order chi connectivity index (χ0) is 14.0. The van der Waals surface area contributed by atoms with Crippen molar-refractivity contribution in [3.63, 3.8) is 0 Å². The van der Waals surface area contributed by atoms with Gasteiger partial charge in [0.1, 0.15) is 11.5 Å². The van der Waals surface area contributed by atoms with Gasteiger partial charge in [-0.2, -0.15) is 0 Å². The highest BCUT2D eigenvalue weighted by atomic mass is 79.9. The first kappa shape index (κ1) is 14.4. The van der Waals surface area contributed by atoms with E-state index in [1.165, 1.54) is 4.88 Å². The Morgan fingerprint density at radius 2 is 1.89 bits per heavy atom. The lowest BCUT2D eigenvalue weighted by molar-refractivity contribution is 0.390. The smallest absolute Gasteiger partial charge is 0.127 e. The lowest BCUT2D eigenvalue weighted by Gasteiger charge is -2.16. The fraction of sp³-hybridized carbons (Fsp3) is 0.286. The number of halogens is 1. The first-order valence-corrected chi connectivity index (χ1v) is 7.41. The third-order valence-corrected chi connectivity index (χ3v) is 4.61. The first-order valence-electron chi connectivity index (χ1n) is 5.80. The van der Waals surface area contributed by atoms with Crippen LogP contribution in [0.5, 0.6) is 11.5 Å². The maximum Gasteiger partial charge on any atom is 0.127 e. The van der Waals surface area contributed by atoms with E-state index in [0.29, 0.717) is 0 Å². The number of thiophene rings is 1. The largest absolute Gasteiger partial charge is 0.497 e. The van der Waals surface area contributed by atoms with Gasteiger partial charge in [-0.25, -0.2) is 0 Å². The van der Waals surface area contributed by atoms with Crippen LogP contribution in [-0.4, -0.2) is 14.2 Å². The van der Waals surface area contributed by atoms with Crippen molar-refractivity contribution in [2.24, 2.45) is 5.73 Å². The van der Waals surface area contributed by atoms with Crippen LogP contribution < -0.4 is 15.2 Å². The Labute approximate surface area is 125 Å². The summed E-state index contributed by atoms with van der Waals surface area (Å²) in [5.41, 5.74) is 8.43. The number of benzene rings is 1. The zero-order valence-electron chi connectivity index (χ0n) is 11.1. The number of nitrogens with two attached hydrogens (primary N) is 1.